The summed E-state index contributed by atoms with van der Waals surface area (Å²) in [5.74, 6) is 0.422. The molecule has 2 N–H and O–H groups in total. The summed E-state index contributed by atoms with van der Waals surface area (Å²) < 4.78 is 10.5. The van der Waals surface area contributed by atoms with E-state index < -0.39 is 0 Å². The second kappa shape index (κ2) is 8.78. The molecular formula is C19H22ClN3O3. The molecule has 0 radical (unpaired) electrons. The number of hydrogen-bond acceptors (Lipinski definition) is 5. The summed E-state index contributed by atoms with van der Waals surface area (Å²) >= 11 is 6.09. The molecule has 26 heavy (non-hydrogen) atoms. The molecule has 3 rings (SSSR count). The summed E-state index contributed by atoms with van der Waals surface area (Å²) in [5.41, 5.74) is 2.64. The van der Waals surface area contributed by atoms with E-state index in [0.29, 0.717) is 29.7 Å². The number of carbonyl (C=O) groups is 1. The molecule has 0 unspecified atom stereocenters. The van der Waals surface area contributed by atoms with E-state index in [-0.39, 0.29) is 12.5 Å². The van der Waals surface area contributed by atoms with E-state index in [0.717, 1.165) is 24.5 Å². The second-order valence-corrected chi connectivity index (χ2v) is 6.27. The maximum Gasteiger partial charge on any atom is 0.243 e. The third kappa shape index (κ3) is 4.59. The lowest BCUT2D eigenvalue weighted by atomic mass is 10.2. The standard InChI is InChI=1S/C19H22ClN3O3/c1-25-18-7-6-14(12-15(18)20)22-19(24)13-21-16-4-2-3-5-17(16)23-8-10-26-11-9-23/h2-7,12,21H,8-11,13H2,1H3,(H,22,24). The summed E-state index contributed by atoms with van der Waals surface area (Å²) in [6, 6.07) is 13.1. The van der Waals surface area contributed by atoms with Gasteiger partial charge in [0.2, 0.25) is 5.91 Å². The van der Waals surface area contributed by atoms with Gasteiger partial charge in [-0.25, -0.2) is 0 Å². The number of ether oxygens (including phenoxy) is 2. The van der Waals surface area contributed by atoms with Crippen LogP contribution in [0.3, 0.4) is 0 Å². The normalized spacial score (nSPS) is 14.0. The summed E-state index contributed by atoms with van der Waals surface area (Å²) in [4.78, 5) is 14.5. The third-order valence-corrected chi connectivity index (χ3v) is 4.43. The Labute approximate surface area is 158 Å². The van der Waals surface area contributed by atoms with E-state index in [1.54, 1.807) is 25.3 Å². The smallest absolute Gasteiger partial charge is 0.243 e. The highest BCUT2D eigenvalue weighted by molar-refractivity contribution is 6.32. The number of para-hydroxylation sites is 2. The van der Waals surface area contributed by atoms with Gasteiger partial charge in [-0.1, -0.05) is 23.7 Å². The molecule has 2 aromatic carbocycles. The Morgan fingerprint density at radius 1 is 1.23 bits per heavy atom. The molecule has 0 aliphatic carbocycles. The molecule has 2 aromatic rings. The van der Waals surface area contributed by atoms with Gasteiger partial charge in [0.25, 0.3) is 0 Å². The molecule has 0 spiro atoms. The van der Waals surface area contributed by atoms with Crippen LogP contribution in [0.1, 0.15) is 0 Å². The summed E-state index contributed by atoms with van der Waals surface area (Å²) in [7, 11) is 1.55. The van der Waals surface area contributed by atoms with Crippen LogP contribution in [0.15, 0.2) is 42.5 Å². The van der Waals surface area contributed by atoms with Gasteiger partial charge in [0, 0.05) is 18.8 Å². The van der Waals surface area contributed by atoms with Crippen molar-refractivity contribution in [3.05, 3.63) is 47.5 Å². The first kappa shape index (κ1) is 18.4. The molecule has 1 aliphatic rings. The van der Waals surface area contributed by atoms with Crippen LogP contribution in [0.4, 0.5) is 17.1 Å². The van der Waals surface area contributed by atoms with Gasteiger partial charge < -0.3 is 25.0 Å². The van der Waals surface area contributed by atoms with Crippen molar-refractivity contribution in [3.8, 4) is 5.75 Å². The highest BCUT2D eigenvalue weighted by Gasteiger charge is 2.15. The van der Waals surface area contributed by atoms with Crippen LogP contribution in [-0.2, 0) is 9.53 Å². The van der Waals surface area contributed by atoms with Crippen LogP contribution >= 0.6 is 11.6 Å². The monoisotopic (exact) mass is 375 g/mol. The van der Waals surface area contributed by atoms with Crippen molar-refractivity contribution in [1.82, 2.24) is 0 Å². The molecule has 1 saturated heterocycles. The quantitative estimate of drug-likeness (QED) is 0.811. The molecule has 0 aromatic heterocycles. The minimum atomic E-state index is -0.150. The number of anilines is 3. The maximum absolute atomic E-state index is 12.3. The highest BCUT2D eigenvalue weighted by atomic mass is 35.5. The van der Waals surface area contributed by atoms with Crippen molar-refractivity contribution in [2.45, 2.75) is 0 Å². The molecule has 0 saturated carbocycles. The molecule has 6 nitrogen and oxygen atoms in total. The average molecular weight is 376 g/mol. The largest absolute Gasteiger partial charge is 0.495 e. The lowest BCUT2D eigenvalue weighted by Gasteiger charge is -2.30. The number of carbonyl (C=O) groups excluding carboxylic acids is 1. The number of rotatable bonds is 6. The van der Waals surface area contributed by atoms with Gasteiger partial charge in [-0.2, -0.15) is 0 Å². The van der Waals surface area contributed by atoms with E-state index in [9.17, 15) is 4.79 Å². The number of hydrogen-bond donors (Lipinski definition) is 2. The Balaban J connectivity index is 1.60. The van der Waals surface area contributed by atoms with E-state index in [4.69, 9.17) is 21.1 Å². The zero-order valence-electron chi connectivity index (χ0n) is 14.6. The number of methoxy groups -OCH3 is 1. The molecule has 138 valence electrons. The number of halogens is 1. The second-order valence-electron chi connectivity index (χ2n) is 5.87. The van der Waals surface area contributed by atoms with E-state index >= 15 is 0 Å². The van der Waals surface area contributed by atoms with Crippen LogP contribution in [0.5, 0.6) is 5.75 Å². The van der Waals surface area contributed by atoms with E-state index in [1.807, 2.05) is 18.2 Å². The Morgan fingerprint density at radius 2 is 2.00 bits per heavy atom. The Morgan fingerprint density at radius 3 is 2.73 bits per heavy atom. The summed E-state index contributed by atoms with van der Waals surface area (Å²) in [5, 5.41) is 6.50. The summed E-state index contributed by atoms with van der Waals surface area (Å²) in [6.45, 7) is 3.27. The Hall–Kier alpha value is -2.44. The average Bonchev–Trinajstić information content (AvgIpc) is 2.67. The van der Waals surface area contributed by atoms with Gasteiger partial charge in [0.15, 0.2) is 0 Å². The first-order valence-electron chi connectivity index (χ1n) is 8.46. The fourth-order valence-electron chi connectivity index (χ4n) is 2.83. The Kier molecular flexibility index (Phi) is 6.20. The summed E-state index contributed by atoms with van der Waals surface area (Å²) in [6.07, 6.45) is 0. The molecule has 0 bridgehead atoms. The predicted molar refractivity (Wildman–Crippen MR) is 105 cm³/mol. The topological polar surface area (TPSA) is 62.8 Å². The molecule has 7 heteroatoms. The van der Waals surface area contributed by atoms with Gasteiger partial charge in [0.05, 0.1) is 43.3 Å². The lowest BCUT2D eigenvalue weighted by molar-refractivity contribution is -0.114. The molecule has 1 amide bonds. The zero-order chi connectivity index (χ0) is 18.4. The van der Waals surface area contributed by atoms with Crippen LogP contribution < -0.4 is 20.3 Å². The first-order valence-corrected chi connectivity index (χ1v) is 8.84. The molecule has 0 atom stereocenters. The SMILES string of the molecule is COc1ccc(NC(=O)CNc2ccccc2N2CCOCC2)cc1Cl. The third-order valence-electron chi connectivity index (χ3n) is 4.13. The minimum absolute atomic E-state index is 0.150. The molecule has 1 heterocycles. The van der Waals surface area contributed by atoms with Gasteiger partial charge in [-0.05, 0) is 30.3 Å². The van der Waals surface area contributed by atoms with Crippen LogP contribution in [-0.4, -0.2) is 45.9 Å². The van der Waals surface area contributed by atoms with E-state index in [2.05, 4.69) is 21.6 Å². The van der Waals surface area contributed by atoms with Gasteiger partial charge in [-0.15, -0.1) is 0 Å². The molecule has 1 aliphatic heterocycles. The maximum atomic E-state index is 12.3. The van der Waals surface area contributed by atoms with Crippen LogP contribution in [0, 0.1) is 0 Å². The van der Waals surface area contributed by atoms with Crippen molar-refractivity contribution in [2.75, 3.05) is 55.5 Å². The van der Waals surface area contributed by atoms with E-state index in [1.165, 1.54) is 0 Å². The minimum Gasteiger partial charge on any atom is -0.495 e. The van der Waals surface area contributed by atoms with Crippen molar-refractivity contribution >= 4 is 34.6 Å². The number of morpholine rings is 1. The number of benzene rings is 2. The van der Waals surface area contributed by atoms with Crippen LogP contribution in [0.25, 0.3) is 0 Å². The van der Waals surface area contributed by atoms with Gasteiger partial charge >= 0.3 is 0 Å². The van der Waals surface area contributed by atoms with Crippen molar-refractivity contribution in [3.63, 3.8) is 0 Å². The van der Waals surface area contributed by atoms with Crippen molar-refractivity contribution < 1.29 is 14.3 Å². The highest BCUT2D eigenvalue weighted by Crippen LogP contribution is 2.28. The number of nitrogens with one attached hydrogen (secondary N) is 2. The van der Waals surface area contributed by atoms with Crippen LogP contribution in [0.2, 0.25) is 5.02 Å². The number of amides is 1. The number of nitrogens with zero attached hydrogens (tertiary/aromatic N) is 1. The Bertz CT molecular complexity index is 763. The van der Waals surface area contributed by atoms with Gasteiger partial charge in [0.1, 0.15) is 5.75 Å². The van der Waals surface area contributed by atoms with Crippen molar-refractivity contribution in [1.29, 1.82) is 0 Å². The molecule has 1 fully saturated rings. The predicted octanol–water partition coefficient (Wildman–Crippen LogP) is 3.24. The zero-order valence-corrected chi connectivity index (χ0v) is 15.4. The van der Waals surface area contributed by atoms with Crippen molar-refractivity contribution in [2.24, 2.45) is 0 Å². The van der Waals surface area contributed by atoms with Gasteiger partial charge in [-0.3, -0.25) is 4.79 Å². The lowest BCUT2D eigenvalue weighted by Crippen LogP contribution is -2.36. The first-order chi connectivity index (χ1) is 12.7. The fourth-order valence-corrected chi connectivity index (χ4v) is 3.09. The fraction of sp³-hybridized carbons (Fsp3) is 0.316. The molecular weight excluding hydrogens is 354 g/mol.